The van der Waals surface area contributed by atoms with Crippen molar-refractivity contribution in [1.82, 2.24) is 10.2 Å². The molecule has 1 aromatic carbocycles. The van der Waals surface area contributed by atoms with Crippen LogP contribution < -0.4 is 5.32 Å². The first kappa shape index (κ1) is 18.3. The summed E-state index contributed by atoms with van der Waals surface area (Å²) in [6.07, 6.45) is 0.206. The van der Waals surface area contributed by atoms with Gasteiger partial charge in [0, 0.05) is 7.05 Å². The van der Waals surface area contributed by atoms with Crippen LogP contribution >= 0.6 is 0 Å². The SMILES string of the molecule is Cc1oc(CN(C)C(=O)CNC(=O)Cc2ccccc2)cc1C(=O)O. The maximum Gasteiger partial charge on any atom is 0.339 e. The van der Waals surface area contributed by atoms with Gasteiger partial charge in [-0.3, -0.25) is 9.59 Å². The minimum absolute atomic E-state index is 0.0759. The van der Waals surface area contributed by atoms with Crippen LogP contribution in [-0.4, -0.2) is 41.4 Å². The van der Waals surface area contributed by atoms with Gasteiger partial charge in [0.25, 0.3) is 0 Å². The molecule has 0 radical (unpaired) electrons. The molecule has 2 aromatic rings. The summed E-state index contributed by atoms with van der Waals surface area (Å²) in [5.41, 5.74) is 0.945. The highest BCUT2D eigenvalue weighted by atomic mass is 16.4. The van der Waals surface area contributed by atoms with E-state index in [4.69, 9.17) is 9.52 Å². The third-order valence-corrected chi connectivity index (χ3v) is 3.66. The third-order valence-electron chi connectivity index (χ3n) is 3.66. The lowest BCUT2D eigenvalue weighted by Gasteiger charge is -2.16. The number of aryl methyl sites for hydroxylation is 1. The highest BCUT2D eigenvalue weighted by molar-refractivity contribution is 5.89. The molecule has 0 aliphatic heterocycles. The average Bonchev–Trinajstić information content (AvgIpc) is 2.94. The second-order valence-corrected chi connectivity index (χ2v) is 5.68. The van der Waals surface area contributed by atoms with Crippen molar-refractivity contribution in [2.24, 2.45) is 0 Å². The Kier molecular flexibility index (Phi) is 5.94. The van der Waals surface area contributed by atoms with Crippen molar-refractivity contribution in [2.45, 2.75) is 19.9 Å². The zero-order chi connectivity index (χ0) is 18.4. The minimum atomic E-state index is -1.07. The molecule has 1 heterocycles. The summed E-state index contributed by atoms with van der Waals surface area (Å²) >= 11 is 0. The summed E-state index contributed by atoms with van der Waals surface area (Å²) in [5.74, 6) is -0.946. The van der Waals surface area contributed by atoms with Crippen molar-refractivity contribution in [3.63, 3.8) is 0 Å². The minimum Gasteiger partial charge on any atom is -0.478 e. The average molecular weight is 344 g/mol. The van der Waals surface area contributed by atoms with Crippen LogP contribution in [0.15, 0.2) is 40.8 Å². The Bertz CT molecular complexity index is 767. The van der Waals surface area contributed by atoms with E-state index in [1.807, 2.05) is 30.3 Å². The molecule has 0 fully saturated rings. The first-order chi connectivity index (χ1) is 11.9. The zero-order valence-corrected chi connectivity index (χ0v) is 14.1. The fraction of sp³-hybridized carbons (Fsp3) is 0.278. The summed E-state index contributed by atoms with van der Waals surface area (Å²) in [6.45, 7) is 1.55. The van der Waals surface area contributed by atoms with Gasteiger partial charge in [0.05, 0.1) is 19.5 Å². The van der Waals surface area contributed by atoms with Crippen LogP contribution in [0.25, 0.3) is 0 Å². The fourth-order valence-electron chi connectivity index (χ4n) is 2.31. The van der Waals surface area contributed by atoms with E-state index in [-0.39, 0.29) is 36.9 Å². The molecule has 0 atom stereocenters. The topological polar surface area (TPSA) is 99.9 Å². The van der Waals surface area contributed by atoms with Gasteiger partial charge < -0.3 is 19.7 Å². The zero-order valence-electron chi connectivity index (χ0n) is 14.1. The monoisotopic (exact) mass is 344 g/mol. The molecule has 2 rings (SSSR count). The van der Waals surface area contributed by atoms with E-state index in [0.29, 0.717) is 11.5 Å². The summed E-state index contributed by atoms with van der Waals surface area (Å²) < 4.78 is 5.34. The summed E-state index contributed by atoms with van der Waals surface area (Å²) in [5, 5.41) is 11.6. The van der Waals surface area contributed by atoms with Gasteiger partial charge in [-0.2, -0.15) is 0 Å². The number of hydrogen-bond donors (Lipinski definition) is 2. The number of hydrogen-bond acceptors (Lipinski definition) is 4. The van der Waals surface area contributed by atoms with E-state index in [1.54, 1.807) is 14.0 Å². The van der Waals surface area contributed by atoms with E-state index in [2.05, 4.69) is 5.32 Å². The van der Waals surface area contributed by atoms with Crippen LogP contribution in [0.5, 0.6) is 0 Å². The van der Waals surface area contributed by atoms with Crippen molar-refractivity contribution in [3.8, 4) is 0 Å². The number of nitrogens with zero attached hydrogens (tertiary/aromatic N) is 1. The lowest BCUT2D eigenvalue weighted by molar-refractivity contribution is -0.132. The second kappa shape index (κ2) is 8.14. The van der Waals surface area contributed by atoms with Gasteiger partial charge in [-0.05, 0) is 18.6 Å². The van der Waals surface area contributed by atoms with Crippen LogP contribution in [0.1, 0.15) is 27.4 Å². The lowest BCUT2D eigenvalue weighted by Crippen LogP contribution is -2.38. The number of rotatable bonds is 7. The van der Waals surface area contributed by atoms with Crippen molar-refractivity contribution in [2.75, 3.05) is 13.6 Å². The molecule has 25 heavy (non-hydrogen) atoms. The van der Waals surface area contributed by atoms with Gasteiger partial charge >= 0.3 is 5.97 Å². The van der Waals surface area contributed by atoms with E-state index >= 15 is 0 Å². The lowest BCUT2D eigenvalue weighted by atomic mass is 10.1. The van der Waals surface area contributed by atoms with Crippen LogP contribution in [0.2, 0.25) is 0 Å². The van der Waals surface area contributed by atoms with E-state index in [9.17, 15) is 14.4 Å². The van der Waals surface area contributed by atoms with Crippen LogP contribution in [0.3, 0.4) is 0 Å². The third kappa shape index (κ3) is 5.20. The number of amides is 2. The Hall–Kier alpha value is -3.09. The molecule has 0 spiro atoms. The number of likely N-dealkylation sites (N-methyl/N-ethyl adjacent to an activating group) is 1. The molecule has 0 aliphatic rings. The fourth-order valence-corrected chi connectivity index (χ4v) is 2.31. The first-order valence-corrected chi connectivity index (χ1v) is 7.74. The molecule has 0 unspecified atom stereocenters. The largest absolute Gasteiger partial charge is 0.478 e. The van der Waals surface area contributed by atoms with Crippen LogP contribution in [-0.2, 0) is 22.6 Å². The molecule has 1 aromatic heterocycles. The van der Waals surface area contributed by atoms with Crippen molar-refractivity contribution in [1.29, 1.82) is 0 Å². The molecule has 7 nitrogen and oxygen atoms in total. The molecule has 2 N–H and O–H groups in total. The summed E-state index contributed by atoms with van der Waals surface area (Å²) in [7, 11) is 1.56. The quantitative estimate of drug-likeness (QED) is 0.795. The summed E-state index contributed by atoms with van der Waals surface area (Å²) in [6, 6.07) is 10.6. The maximum atomic E-state index is 12.1. The van der Waals surface area contributed by atoms with Crippen molar-refractivity contribution < 1.29 is 23.9 Å². The highest BCUT2D eigenvalue weighted by Gasteiger charge is 2.17. The number of carboxylic acids is 1. The number of nitrogens with one attached hydrogen (secondary N) is 1. The van der Waals surface area contributed by atoms with E-state index < -0.39 is 5.97 Å². The Morgan fingerprint density at radius 2 is 1.88 bits per heavy atom. The molecule has 132 valence electrons. The summed E-state index contributed by atoms with van der Waals surface area (Å²) in [4.78, 5) is 36.3. The molecule has 0 bridgehead atoms. The Balaban J connectivity index is 1.83. The van der Waals surface area contributed by atoms with E-state index in [1.165, 1.54) is 11.0 Å². The number of furan rings is 1. The van der Waals surface area contributed by atoms with Gasteiger partial charge in [0.15, 0.2) is 0 Å². The molecule has 7 heteroatoms. The highest BCUT2D eigenvalue weighted by Crippen LogP contribution is 2.16. The van der Waals surface area contributed by atoms with Crippen LogP contribution in [0, 0.1) is 6.92 Å². The van der Waals surface area contributed by atoms with Gasteiger partial charge in [0.1, 0.15) is 17.1 Å². The standard InChI is InChI=1S/C18H20N2O5/c1-12-15(18(23)24)9-14(25-12)11-20(2)17(22)10-19-16(21)8-13-6-4-3-5-7-13/h3-7,9H,8,10-11H2,1-2H3,(H,19,21)(H,23,24). The van der Waals surface area contributed by atoms with Crippen molar-refractivity contribution >= 4 is 17.8 Å². The number of benzene rings is 1. The molecule has 0 saturated heterocycles. The molecular formula is C18H20N2O5. The van der Waals surface area contributed by atoms with Crippen LogP contribution in [0.4, 0.5) is 0 Å². The Labute approximate surface area is 145 Å². The predicted molar refractivity (Wildman–Crippen MR) is 90.0 cm³/mol. The molecule has 0 aliphatic carbocycles. The van der Waals surface area contributed by atoms with Crippen molar-refractivity contribution in [3.05, 3.63) is 59.0 Å². The smallest absolute Gasteiger partial charge is 0.339 e. The number of carboxylic acid groups (broad SMARTS) is 1. The van der Waals surface area contributed by atoms with Gasteiger partial charge in [-0.25, -0.2) is 4.79 Å². The number of carbonyl (C=O) groups is 3. The Morgan fingerprint density at radius 1 is 1.20 bits per heavy atom. The normalized spacial score (nSPS) is 10.3. The second-order valence-electron chi connectivity index (χ2n) is 5.68. The number of aromatic carboxylic acids is 1. The van der Waals surface area contributed by atoms with Gasteiger partial charge in [0.2, 0.25) is 11.8 Å². The molecule has 2 amide bonds. The number of carbonyl (C=O) groups excluding carboxylic acids is 2. The first-order valence-electron chi connectivity index (χ1n) is 7.74. The van der Waals surface area contributed by atoms with E-state index in [0.717, 1.165) is 5.56 Å². The van der Waals surface area contributed by atoms with Gasteiger partial charge in [-0.1, -0.05) is 30.3 Å². The molecule has 0 saturated carbocycles. The predicted octanol–water partition coefficient (Wildman–Crippen LogP) is 1.60. The molecular weight excluding hydrogens is 324 g/mol. The van der Waals surface area contributed by atoms with Gasteiger partial charge in [-0.15, -0.1) is 0 Å². The Morgan fingerprint density at radius 3 is 2.48 bits per heavy atom. The maximum absolute atomic E-state index is 12.1.